The lowest BCUT2D eigenvalue weighted by atomic mass is 9.99. The number of rotatable bonds is 10. The SMILES string of the molecule is C#CCNNC(=O)c1cc(Cc2ccnc(NS(=O)(=O)NC)c2F)c(F)c(F)c1Nc1ccc(I)cc1F. The molecule has 3 aromatic rings. The van der Waals surface area contributed by atoms with Gasteiger partial charge in [-0.3, -0.25) is 14.9 Å². The van der Waals surface area contributed by atoms with E-state index in [1.807, 2.05) is 32.0 Å². The minimum atomic E-state index is -4.12. The summed E-state index contributed by atoms with van der Waals surface area (Å²) in [5.74, 6) is -4.33. The molecule has 0 aliphatic carbocycles. The Balaban J connectivity index is 2.08. The Morgan fingerprint density at radius 3 is 2.47 bits per heavy atom. The highest BCUT2D eigenvalue weighted by Crippen LogP contribution is 2.32. The molecule has 0 atom stereocenters. The molecular weight excluding hydrogens is 643 g/mol. The number of terminal acetylenes is 1. The van der Waals surface area contributed by atoms with Crippen molar-refractivity contribution in [3.05, 3.63) is 80.1 Å². The molecule has 15 heteroatoms. The first kappa shape index (κ1) is 29.1. The van der Waals surface area contributed by atoms with Gasteiger partial charge < -0.3 is 5.32 Å². The van der Waals surface area contributed by atoms with Gasteiger partial charge in [-0.2, -0.15) is 8.42 Å². The van der Waals surface area contributed by atoms with Crippen molar-refractivity contribution in [2.75, 3.05) is 23.6 Å². The number of nitrogens with one attached hydrogen (secondary N) is 5. The summed E-state index contributed by atoms with van der Waals surface area (Å²) in [5.41, 5.74) is 2.54. The molecule has 9 nitrogen and oxygen atoms in total. The van der Waals surface area contributed by atoms with Crippen molar-refractivity contribution >= 4 is 55.9 Å². The van der Waals surface area contributed by atoms with Crippen molar-refractivity contribution in [2.45, 2.75) is 6.42 Å². The van der Waals surface area contributed by atoms with Crippen LogP contribution in [0, 0.1) is 39.2 Å². The van der Waals surface area contributed by atoms with E-state index in [9.17, 15) is 22.0 Å². The molecule has 0 fully saturated rings. The second-order valence-electron chi connectivity index (χ2n) is 7.47. The van der Waals surface area contributed by atoms with Gasteiger partial charge in [-0.05, 0) is 64.0 Å². The summed E-state index contributed by atoms with van der Waals surface area (Å²) in [6.07, 6.45) is 5.59. The van der Waals surface area contributed by atoms with Crippen LogP contribution in [0.25, 0.3) is 0 Å². The number of hydrogen-bond acceptors (Lipinski definition) is 6. The molecule has 0 spiro atoms. The predicted molar refractivity (Wildman–Crippen MR) is 142 cm³/mol. The van der Waals surface area contributed by atoms with E-state index >= 15 is 8.78 Å². The van der Waals surface area contributed by atoms with Crippen LogP contribution in [0.1, 0.15) is 21.5 Å². The molecule has 0 bridgehead atoms. The zero-order valence-electron chi connectivity index (χ0n) is 19.4. The van der Waals surface area contributed by atoms with Crippen molar-refractivity contribution in [1.82, 2.24) is 20.6 Å². The number of pyridine rings is 1. The average molecular weight is 662 g/mol. The van der Waals surface area contributed by atoms with Crippen molar-refractivity contribution in [1.29, 1.82) is 0 Å². The zero-order chi connectivity index (χ0) is 28.0. The Morgan fingerprint density at radius 2 is 1.82 bits per heavy atom. The van der Waals surface area contributed by atoms with Crippen molar-refractivity contribution < 1.29 is 30.8 Å². The number of benzene rings is 2. The molecule has 1 amide bonds. The Hall–Kier alpha value is -3.46. The van der Waals surface area contributed by atoms with Gasteiger partial charge >= 0.3 is 0 Å². The molecule has 1 aromatic heterocycles. The Bertz CT molecular complexity index is 1530. The number of nitrogens with zero attached hydrogens (tertiary/aromatic N) is 1. The van der Waals surface area contributed by atoms with E-state index in [0.717, 1.165) is 31.4 Å². The number of hydrazine groups is 1. The Morgan fingerprint density at radius 1 is 1.08 bits per heavy atom. The Labute approximate surface area is 229 Å². The molecule has 5 N–H and O–H groups in total. The van der Waals surface area contributed by atoms with Crippen LogP contribution < -0.4 is 25.6 Å². The largest absolute Gasteiger partial charge is 0.350 e. The number of halogens is 5. The van der Waals surface area contributed by atoms with Gasteiger partial charge in [0.15, 0.2) is 23.3 Å². The normalized spacial score (nSPS) is 11.1. The van der Waals surface area contributed by atoms with Gasteiger partial charge in [0.25, 0.3) is 16.1 Å². The molecular formula is C23H19F4IN6O3S. The molecule has 0 aliphatic rings. The van der Waals surface area contributed by atoms with Crippen molar-refractivity contribution in [2.24, 2.45) is 0 Å². The van der Waals surface area contributed by atoms with E-state index in [2.05, 4.69) is 27.1 Å². The van der Waals surface area contributed by atoms with Gasteiger partial charge in [0.05, 0.1) is 23.5 Å². The fourth-order valence-electron chi connectivity index (χ4n) is 3.15. The minimum absolute atomic E-state index is 0.0929. The first-order valence-corrected chi connectivity index (χ1v) is 13.1. The Kier molecular flexibility index (Phi) is 9.49. The van der Waals surface area contributed by atoms with Gasteiger partial charge in [0.1, 0.15) is 5.82 Å². The van der Waals surface area contributed by atoms with E-state index < -0.39 is 68.4 Å². The lowest BCUT2D eigenvalue weighted by Crippen LogP contribution is -2.38. The smallest absolute Gasteiger partial charge is 0.300 e. The van der Waals surface area contributed by atoms with Crippen molar-refractivity contribution in [3.8, 4) is 12.3 Å². The predicted octanol–water partition coefficient (Wildman–Crippen LogP) is 3.32. The number of hydrogen-bond donors (Lipinski definition) is 5. The molecule has 38 heavy (non-hydrogen) atoms. The second kappa shape index (κ2) is 12.4. The molecule has 1 heterocycles. The summed E-state index contributed by atoms with van der Waals surface area (Å²) in [6.45, 7) is -0.0929. The van der Waals surface area contributed by atoms with E-state index in [1.54, 1.807) is 0 Å². The maximum atomic E-state index is 15.3. The van der Waals surface area contributed by atoms with Crippen LogP contribution >= 0.6 is 22.6 Å². The third-order valence-corrected chi connectivity index (χ3v) is 6.63. The second-order valence-corrected chi connectivity index (χ2v) is 10.3. The summed E-state index contributed by atoms with van der Waals surface area (Å²) in [4.78, 5) is 16.4. The fraction of sp³-hybridized carbons (Fsp3) is 0.130. The molecule has 0 saturated carbocycles. The summed E-state index contributed by atoms with van der Waals surface area (Å²) in [7, 11) is -3.03. The first-order valence-electron chi connectivity index (χ1n) is 10.5. The van der Waals surface area contributed by atoms with Gasteiger partial charge in [-0.1, -0.05) is 5.92 Å². The molecule has 3 rings (SSSR count). The number of aromatic nitrogens is 1. The van der Waals surface area contributed by atoms with Crippen LogP contribution in [-0.4, -0.2) is 32.9 Å². The van der Waals surface area contributed by atoms with Gasteiger partial charge in [-0.25, -0.2) is 32.7 Å². The summed E-state index contributed by atoms with van der Waals surface area (Å²) >= 11 is 1.86. The highest BCUT2D eigenvalue weighted by Gasteiger charge is 2.25. The topological polar surface area (TPSA) is 124 Å². The third-order valence-electron chi connectivity index (χ3n) is 4.96. The van der Waals surface area contributed by atoms with Crippen LogP contribution in [0.15, 0.2) is 36.5 Å². The molecule has 2 aromatic carbocycles. The van der Waals surface area contributed by atoms with Gasteiger partial charge in [-0.15, -0.1) is 6.42 Å². The number of carbonyl (C=O) groups is 1. The van der Waals surface area contributed by atoms with Gasteiger partial charge in [0, 0.05) is 23.2 Å². The van der Waals surface area contributed by atoms with E-state index in [4.69, 9.17) is 6.42 Å². The quantitative estimate of drug-likeness (QED) is 0.0747. The highest BCUT2D eigenvalue weighted by atomic mass is 127. The fourth-order valence-corrected chi connectivity index (χ4v) is 4.10. The zero-order valence-corrected chi connectivity index (χ0v) is 22.4. The minimum Gasteiger partial charge on any atom is -0.350 e. The number of carbonyl (C=O) groups excluding carboxylic acids is 1. The average Bonchev–Trinajstić information content (AvgIpc) is 2.87. The lowest BCUT2D eigenvalue weighted by Gasteiger charge is -2.17. The maximum Gasteiger partial charge on any atom is 0.300 e. The molecule has 0 unspecified atom stereocenters. The number of amides is 1. The van der Waals surface area contributed by atoms with Crippen LogP contribution in [-0.2, 0) is 16.6 Å². The molecule has 0 saturated heterocycles. The molecule has 0 radical (unpaired) electrons. The van der Waals surface area contributed by atoms with E-state index in [1.165, 1.54) is 12.1 Å². The van der Waals surface area contributed by atoms with Gasteiger partial charge in [0.2, 0.25) is 0 Å². The number of anilines is 3. The van der Waals surface area contributed by atoms with E-state index in [0.29, 0.717) is 3.57 Å². The van der Waals surface area contributed by atoms with Crippen LogP contribution in [0.4, 0.5) is 34.8 Å². The summed E-state index contributed by atoms with van der Waals surface area (Å²) in [6, 6.07) is 6.02. The van der Waals surface area contributed by atoms with E-state index in [-0.39, 0.29) is 17.8 Å². The maximum absolute atomic E-state index is 15.3. The van der Waals surface area contributed by atoms with Crippen LogP contribution in [0.3, 0.4) is 0 Å². The first-order chi connectivity index (χ1) is 18.0. The molecule has 200 valence electrons. The lowest BCUT2D eigenvalue weighted by molar-refractivity contribution is 0.0936. The van der Waals surface area contributed by atoms with Crippen LogP contribution in [0.5, 0.6) is 0 Å². The summed E-state index contributed by atoms with van der Waals surface area (Å²) < 4.78 is 87.6. The summed E-state index contributed by atoms with van der Waals surface area (Å²) in [5, 5.41) is 2.40. The third kappa shape index (κ3) is 6.89. The highest BCUT2D eigenvalue weighted by molar-refractivity contribution is 14.1. The van der Waals surface area contributed by atoms with Crippen molar-refractivity contribution in [3.63, 3.8) is 0 Å². The van der Waals surface area contributed by atoms with Crippen LogP contribution in [0.2, 0.25) is 0 Å². The monoisotopic (exact) mass is 662 g/mol. The standard InChI is InChI=1S/C23H19F4IN6O3S/c1-3-7-31-33-23(35)15-10-13(9-12-6-8-30-22(19(12)26)34-38(36,37)29-2)18(25)20(27)21(15)32-17-5-4-14(28)11-16(17)24/h1,4-6,8,10-11,29,31-32H,7,9H2,2H3,(H,30,34)(H,33,35). The molecule has 0 aliphatic heterocycles.